The minimum absolute atomic E-state index is 0.0114. The number of aromatic nitrogens is 4. The van der Waals surface area contributed by atoms with Crippen LogP contribution < -0.4 is 16.0 Å². The summed E-state index contributed by atoms with van der Waals surface area (Å²) in [6.45, 7) is 1.77. The summed E-state index contributed by atoms with van der Waals surface area (Å²) in [5.41, 5.74) is 2.04. The molecule has 0 bridgehead atoms. The third kappa shape index (κ3) is 4.20. The molecule has 1 fully saturated rings. The Morgan fingerprint density at radius 1 is 1.03 bits per heavy atom. The molecule has 8 nitrogen and oxygen atoms in total. The fourth-order valence-corrected chi connectivity index (χ4v) is 5.00. The predicted molar refractivity (Wildman–Crippen MR) is 133 cm³/mol. The van der Waals surface area contributed by atoms with Crippen molar-refractivity contribution < 1.29 is 9.53 Å². The van der Waals surface area contributed by atoms with E-state index in [-0.39, 0.29) is 23.9 Å². The van der Waals surface area contributed by atoms with Crippen molar-refractivity contribution >= 4 is 16.9 Å². The van der Waals surface area contributed by atoms with E-state index < -0.39 is 5.69 Å². The van der Waals surface area contributed by atoms with E-state index in [0.29, 0.717) is 34.6 Å². The first-order valence-corrected chi connectivity index (χ1v) is 11.9. The van der Waals surface area contributed by atoms with E-state index in [1.807, 2.05) is 34.9 Å². The van der Waals surface area contributed by atoms with Crippen molar-refractivity contribution in [3.05, 3.63) is 92.4 Å². The predicted octanol–water partition coefficient (Wildman–Crippen LogP) is 3.78. The number of imidazole rings is 1. The number of carbonyl (C=O) groups excluding carboxylic acids is 1. The maximum Gasteiger partial charge on any atom is 0.333 e. The van der Waals surface area contributed by atoms with Gasteiger partial charge in [0.25, 0.3) is 5.56 Å². The average molecular weight is 473 g/mol. The summed E-state index contributed by atoms with van der Waals surface area (Å²) in [5, 5.41) is 0. The van der Waals surface area contributed by atoms with E-state index in [9.17, 15) is 14.4 Å². The van der Waals surface area contributed by atoms with E-state index in [1.54, 1.807) is 29.1 Å². The molecule has 0 aliphatic heterocycles. The van der Waals surface area contributed by atoms with Crippen LogP contribution in [0, 0.1) is 0 Å². The molecular formula is C27H28N4O4. The first-order chi connectivity index (χ1) is 17.0. The van der Waals surface area contributed by atoms with Crippen LogP contribution in [0.4, 0.5) is 0 Å². The Morgan fingerprint density at radius 3 is 2.46 bits per heavy atom. The van der Waals surface area contributed by atoms with Crippen LogP contribution in [0.2, 0.25) is 0 Å². The standard InChI is InChI=1S/C27H28N4O4/c1-18(32)20-12-13-23(35-2)21(14-20)16-30-26(33)24-25(28-17-31(24)22-10-6-7-11-22)29(27(30)34)15-19-8-4-3-5-9-19/h3-5,8-9,12-14,17,22H,6-7,10-11,15-16H2,1-2H3. The van der Waals surface area contributed by atoms with Crippen molar-refractivity contribution in [1.29, 1.82) is 0 Å². The van der Waals surface area contributed by atoms with Gasteiger partial charge in [0, 0.05) is 17.2 Å². The van der Waals surface area contributed by atoms with Crippen LogP contribution in [0.1, 0.15) is 60.1 Å². The van der Waals surface area contributed by atoms with E-state index in [0.717, 1.165) is 31.2 Å². The van der Waals surface area contributed by atoms with Gasteiger partial charge in [-0.25, -0.2) is 9.78 Å². The van der Waals surface area contributed by atoms with Crippen molar-refractivity contribution in [2.75, 3.05) is 7.11 Å². The highest BCUT2D eigenvalue weighted by atomic mass is 16.5. The molecule has 2 aromatic carbocycles. The van der Waals surface area contributed by atoms with Crippen molar-refractivity contribution in [2.24, 2.45) is 0 Å². The third-order valence-electron chi connectivity index (χ3n) is 6.86. The van der Waals surface area contributed by atoms with Gasteiger partial charge in [0.1, 0.15) is 5.75 Å². The zero-order valence-corrected chi connectivity index (χ0v) is 19.9. The maximum absolute atomic E-state index is 13.8. The summed E-state index contributed by atoms with van der Waals surface area (Å²) in [6.07, 6.45) is 5.88. The highest BCUT2D eigenvalue weighted by Gasteiger charge is 2.24. The van der Waals surface area contributed by atoms with Gasteiger partial charge in [-0.05, 0) is 43.5 Å². The van der Waals surface area contributed by atoms with Gasteiger partial charge in [-0.15, -0.1) is 0 Å². The maximum atomic E-state index is 13.8. The number of hydrogen-bond donors (Lipinski definition) is 0. The zero-order chi connectivity index (χ0) is 24.5. The molecule has 8 heteroatoms. The highest BCUT2D eigenvalue weighted by molar-refractivity contribution is 5.94. The molecule has 2 heterocycles. The monoisotopic (exact) mass is 472 g/mol. The van der Waals surface area contributed by atoms with E-state index in [4.69, 9.17) is 4.74 Å². The van der Waals surface area contributed by atoms with Gasteiger partial charge in [-0.1, -0.05) is 43.2 Å². The van der Waals surface area contributed by atoms with Gasteiger partial charge in [0.15, 0.2) is 16.9 Å². The highest BCUT2D eigenvalue weighted by Crippen LogP contribution is 2.31. The van der Waals surface area contributed by atoms with Gasteiger partial charge >= 0.3 is 5.69 Å². The minimum atomic E-state index is -0.446. The Morgan fingerprint density at radius 2 is 1.77 bits per heavy atom. The number of nitrogens with zero attached hydrogens (tertiary/aromatic N) is 4. The van der Waals surface area contributed by atoms with Gasteiger partial charge in [0.2, 0.25) is 0 Å². The molecule has 0 N–H and O–H groups in total. The van der Waals surface area contributed by atoms with Crippen LogP contribution in [0.15, 0.2) is 64.4 Å². The lowest BCUT2D eigenvalue weighted by Crippen LogP contribution is -2.41. The number of rotatable bonds is 7. The summed E-state index contributed by atoms with van der Waals surface area (Å²) < 4.78 is 10.2. The number of benzene rings is 2. The molecule has 0 amide bonds. The summed E-state index contributed by atoms with van der Waals surface area (Å²) in [6, 6.07) is 14.9. The van der Waals surface area contributed by atoms with Crippen molar-refractivity contribution in [1.82, 2.24) is 18.7 Å². The van der Waals surface area contributed by atoms with Crippen LogP contribution in [-0.2, 0) is 13.1 Å². The van der Waals surface area contributed by atoms with Crippen LogP contribution >= 0.6 is 0 Å². The molecule has 35 heavy (non-hydrogen) atoms. The molecule has 4 aromatic rings. The number of ether oxygens (including phenoxy) is 1. The average Bonchev–Trinajstić information content (AvgIpc) is 3.55. The van der Waals surface area contributed by atoms with Gasteiger partial charge in [0.05, 0.1) is 26.5 Å². The number of methoxy groups -OCH3 is 1. The molecule has 1 aliphatic carbocycles. The van der Waals surface area contributed by atoms with Crippen molar-refractivity contribution in [3.8, 4) is 5.75 Å². The van der Waals surface area contributed by atoms with E-state index in [2.05, 4.69) is 4.98 Å². The number of carbonyl (C=O) groups is 1. The van der Waals surface area contributed by atoms with Crippen LogP contribution in [-0.4, -0.2) is 31.6 Å². The quantitative estimate of drug-likeness (QED) is 0.382. The Bertz CT molecular complexity index is 1510. The second-order valence-electron chi connectivity index (χ2n) is 9.09. The summed E-state index contributed by atoms with van der Waals surface area (Å²) in [4.78, 5) is 44.1. The Balaban J connectivity index is 1.72. The van der Waals surface area contributed by atoms with Gasteiger partial charge in [-0.3, -0.25) is 18.7 Å². The number of ketones is 1. The van der Waals surface area contributed by atoms with Crippen LogP contribution in [0.5, 0.6) is 5.75 Å². The Labute approximate surface area is 202 Å². The molecule has 1 aliphatic rings. The second-order valence-corrected chi connectivity index (χ2v) is 9.09. The number of fused-ring (bicyclic) bond motifs is 1. The molecule has 180 valence electrons. The molecule has 0 radical (unpaired) electrons. The molecule has 2 aromatic heterocycles. The second kappa shape index (κ2) is 9.37. The summed E-state index contributed by atoms with van der Waals surface area (Å²) in [5.74, 6) is 0.415. The Kier molecular flexibility index (Phi) is 6.11. The largest absolute Gasteiger partial charge is 0.496 e. The van der Waals surface area contributed by atoms with E-state index >= 15 is 0 Å². The SMILES string of the molecule is COc1ccc(C(C)=O)cc1Cn1c(=O)c2c(ncn2C2CCCC2)n(Cc2ccccc2)c1=O. The van der Waals surface area contributed by atoms with Crippen LogP contribution in [0.3, 0.4) is 0 Å². The smallest absolute Gasteiger partial charge is 0.333 e. The normalized spacial score (nSPS) is 14.0. The lowest BCUT2D eigenvalue weighted by atomic mass is 10.1. The lowest BCUT2D eigenvalue weighted by Gasteiger charge is -2.16. The molecule has 0 spiro atoms. The fourth-order valence-electron chi connectivity index (χ4n) is 5.00. The lowest BCUT2D eigenvalue weighted by molar-refractivity contribution is 0.101. The summed E-state index contributed by atoms with van der Waals surface area (Å²) in [7, 11) is 1.53. The van der Waals surface area contributed by atoms with Gasteiger partial charge < -0.3 is 9.30 Å². The third-order valence-corrected chi connectivity index (χ3v) is 6.86. The Hall–Kier alpha value is -3.94. The summed E-state index contributed by atoms with van der Waals surface area (Å²) >= 11 is 0. The molecular weight excluding hydrogens is 444 g/mol. The topological polar surface area (TPSA) is 88.1 Å². The number of hydrogen-bond acceptors (Lipinski definition) is 5. The van der Waals surface area contributed by atoms with Crippen molar-refractivity contribution in [3.63, 3.8) is 0 Å². The molecule has 0 unspecified atom stereocenters. The molecule has 5 rings (SSSR count). The molecule has 0 atom stereocenters. The van der Waals surface area contributed by atoms with Crippen molar-refractivity contribution in [2.45, 2.75) is 51.7 Å². The number of Topliss-reactive ketones (excluding diaryl/α,β-unsaturated/α-hetero) is 1. The van der Waals surface area contributed by atoms with Gasteiger partial charge in [-0.2, -0.15) is 0 Å². The minimum Gasteiger partial charge on any atom is -0.496 e. The first-order valence-electron chi connectivity index (χ1n) is 11.9. The zero-order valence-electron chi connectivity index (χ0n) is 19.9. The molecule has 1 saturated carbocycles. The first kappa shape index (κ1) is 22.8. The van der Waals surface area contributed by atoms with Crippen LogP contribution in [0.25, 0.3) is 11.2 Å². The fraction of sp³-hybridized carbons (Fsp3) is 0.333. The molecule has 0 saturated heterocycles. The van der Waals surface area contributed by atoms with E-state index in [1.165, 1.54) is 18.6 Å².